The molecule has 0 amide bonds. The van der Waals surface area contributed by atoms with Crippen LogP contribution in [0.4, 0.5) is 0 Å². The molecule has 4 nitrogen and oxygen atoms in total. The van der Waals surface area contributed by atoms with Crippen molar-refractivity contribution in [3.8, 4) is 0 Å². The molecule has 0 saturated carbocycles. The van der Waals surface area contributed by atoms with E-state index < -0.39 is 11.9 Å². The van der Waals surface area contributed by atoms with Crippen molar-refractivity contribution in [3.05, 3.63) is 35.9 Å². The van der Waals surface area contributed by atoms with Crippen LogP contribution in [0.3, 0.4) is 0 Å². The molecule has 1 aliphatic rings. The zero-order valence-corrected chi connectivity index (χ0v) is 12.9. The Bertz CT molecular complexity index is 449. The van der Waals surface area contributed by atoms with Crippen LogP contribution in [0.1, 0.15) is 25.8 Å². The number of aliphatic carboxylic acids is 1. The van der Waals surface area contributed by atoms with E-state index in [2.05, 4.69) is 43.0 Å². The molecule has 0 spiro atoms. The Labute approximate surface area is 126 Å². The van der Waals surface area contributed by atoms with Gasteiger partial charge >= 0.3 is 5.97 Å². The fourth-order valence-electron chi connectivity index (χ4n) is 3.16. The lowest BCUT2D eigenvalue weighted by atomic mass is 9.98. The molecular weight excluding hydrogens is 266 g/mol. The molecule has 3 unspecified atom stereocenters. The number of hydrogen-bond acceptors (Lipinski definition) is 3. The molecule has 0 aromatic heterocycles. The predicted molar refractivity (Wildman–Crippen MR) is 82.3 cm³/mol. The predicted octanol–water partition coefficient (Wildman–Crippen LogP) is 2.43. The summed E-state index contributed by atoms with van der Waals surface area (Å²) < 4.78 is 5.40. The lowest BCUT2D eigenvalue weighted by Gasteiger charge is -2.34. The molecule has 1 aliphatic heterocycles. The molecule has 1 aromatic carbocycles. The molecule has 1 heterocycles. The second kappa shape index (κ2) is 7.57. The average Bonchev–Trinajstić information content (AvgIpc) is 2.96. The van der Waals surface area contributed by atoms with Crippen molar-refractivity contribution in [2.75, 3.05) is 19.8 Å². The Morgan fingerprint density at radius 1 is 1.38 bits per heavy atom. The van der Waals surface area contributed by atoms with Gasteiger partial charge in [-0.05, 0) is 31.9 Å². The van der Waals surface area contributed by atoms with Crippen LogP contribution in [-0.4, -0.2) is 47.8 Å². The van der Waals surface area contributed by atoms with Crippen LogP contribution in [0.15, 0.2) is 30.3 Å². The van der Waals surface area contributed by atoms with Gasteiger partial charge in [0, 0.05) is 12.1 Å². The zero-order chi connectivity index (χ0) is 15.2. The number of carboxylic acid groups (broad SMARTS) is 1. The Morgan fingerprint density at radius 2 is 2.10 bits per heavy atom. The Kier molecular flexibility index (Phi) is 5.76. The highest BCUT2D eigenvalue weighted by Crippen LogP contribution is 2.23. The fraction of sp³-hybridized carbons (Fsp3) is 0.588. The standard InChI is InChI=1S/C17H25NO3/c1-3-18(16-12-21-11-15(16)17(19)20)13(2)9-10-14-7-5-4-6-8-14/h4-8,13,15-16H,3,9-12H2,1-2H3,(H,19,20). The first-order chi connectivity index (χ1) is 10.1. The van der Waals surface area contributed by atoms with Crippen molar-refractivity contribution in [1.29, 1.82) is 0 Å². The normalized spacial score (nSPS) is 23.4. The van der Waals surface area contributed by atoms with Crippen LogP contribution in [0.2, 0.25) is 0 Å². The van der Waals surface area contributed by atoms with Crippen LogP contribution < -0.4 is 0 Å². The summed E-state index contributed by atoms with van der Waals surface area (Å²) in [6.07, 6.45) is 2.05. The highest BCUT2D eigenvalue weighted by atomic mass is 16.5. The lowest BCUT2D eigenvalue weighted by molar-refractivity contribution is -0.143. The van der Waals surface area contributed by atoms with Crippen LogP contribution in [-0.2, 0) is 16.0 Å². The van der Waals surface area contributed by atoms with E-state index >= 15 is 0 Å². The summed E-state index contributed by atoms with van der Waals surface area (Å²) in [5.74, 6) is -1.14. The van der Waals surface area contributed by atoms with Crippen molar-refractivity contribution in [2.45, 2.75) is 38.8 Å². The van der Waals surface area contributed by atoms with E-state index in [4.69, 9.17) is 4.74 Å². The number of rotatable bonds is 7. The van der Waals surface area contributed by atoms with Gasteiger partial charge < -0.3 is 9.84 Å². The van der Waals surface area contributed by atoms with Crippen molar-refractivity contribution in [3.63, 3.8) is 0 Å². The molecule has 2 rings (SSSR count). The third kappa shape index (κ3) is 4.05. The van der Waals surface area contributed by atoms with E-state index in [-0.39, 0.29) is 6.04 Å². The minimum absolute atomic E-state index is 0.00160. The van der Waals surface area contributed by atoms with Gasteiger partial charge in [0.1, 0.15) is 0 Å². The number of carboxylic acids is 1. The average molecular weight is 291 g/mol. The summed E-state index contributed by atoms with van der Waals surface area (Å²) in [5, 5.41) is 9.31. The van der Waals surface area contributed by atoms with E-state index in [1.165, 1.54) is 5.56 Å². The van der Waals surface area contributed by atoms with Gasteiger partial charge in [0.25, 0.3) is 0 Å². The molecule has 1 aromatic rings. The number of ether oxygens (including phenoxy) is 1. The Balaban J connectivity index is 1.95. The molecule has 0 radical (unpaired) electrons. The van der Waals surface area contributed by atoms with Gasteiger partial charge in [-0.2, -0.15) is 0 Å². The van der Waals surface area contributed by atoms with Gasteiger partial charge in [-0.3, -0.25) is 9.69 Å². The first kappa shape index (κ1) is 16.0. The number of nitrogens with zero attached hydrogens (tertiary/aromatic N) is 1. The van der Waals surface area contributed by atoms with E-state index in [0.29, 0.717) is 19.3 Å². The number of hydrogen-bond donors (Lipinski definition) is 1. The number of aryl methyl sites for hydroxylation is 1. The monoisotopic (exact) mass is 291 g/mol. The SMILES string of the molecule is CCN(C(C)CCc1ccccc1)C1COCC1C(=O)O. The number of benzene rings is 1. The smallest absolute Gasteiger partial charge is 0.310 e. The molecule has 3 atom stereocenters. The molecule has 0 bridgehead atoms. The fourth-order valence-corrected chi connectivity index (χ4v) is 3.16. The molecule has 116 valence electrons. The molecule has 4 heteroatoms. The second-order valence-corrected chi connectivity index (χ2v) is 5.75. The third-order valence-corrected chi connectivity index (χ3v) is 4.42. The van der Waals surface area contributed by atoms with Crippen molar-refractivity contribution < 1.29 is 14.6 Å². The maximum Gasteiger partial charge on any atom is 0.310 e. The molecular formula is C17H25NO3. The van der Waals surface area contributed by atoms with E-state index in [1.807, 2.05) is 6.07 Å². The maximum atomic E-state index is 11.3. The minimum Gasteiger partial charge on any atom is -0.481 e. The van der Waals surface area contributed by atoms with Gasteiger partial charge in [-0.25, -0.2) is 0 Å². The summed E-state index contributed by atoms with van der Waals surface area (Å²) in [4.78, 5) is 13.6. The van der Waals surface area contributed by atoms with Crippen LogP contribution >= 0.6 is 0 Å². The highest BCUT2D eigenvalue weighted by molar-refractivity contribution is 5.71. The third-order valence-electron chi connectivity index (χ3n) is 4.42. The lowest BCUT2D eigenvalue weighted by Crippen LogP contribution is -2.47. The molecule has 1 saturated heterocycles. The van der Waals surface area contributed by atoms with E-state index in [1.54, 1.807) is 0 Å². The van der Waals surface area contributed by atoms with Gasteiger partial charge in [0.2, 0.25) is 0 Å². The van der Waals surface area contributed by atoms with Crippen LogP contribution in [0, 0.1) is 5.92 Å². The summed E-state index contributed by atoms with van der Waals surface area (Å²) in [6.45, 7) is 6.00. The quantitative estimate of drug-likeness (QED) is 0.838. The van der Waals surface area contributed by atoms with E-state index in [9.17, 15) is 9.90 Å². The van der Waals surface area contributed by atoms with Crippen LogP contribution in [0.25, 0.3) is 0 Å². The largest absolute Gasteiger partial charge is 0.481 e. The Morgan fingerprint density at radius 3 is 2.71 bits per heavy atom. The van der Waals surface area contributed by atoms with Crippen LogP contribution in [0.5, 0.6) is 0 Å². The molecule has 1 fully saturated rings. The summed E-state index contributed by atoms with van der Waals surface area (Å²) in [7, 11) is 0. The maximum absolute atomic E-state index is 11.3. The zero-order valence-electron chi connectivity index (χ0n) is 12.9. The summed E-state index contributed by atoms with van der Waals surface area (Å²) in [5.41, 5.74) is 1.33. The second-order valence-electron chi connectivity index (χ2n) is 5.75. The van der Waals surface area contributed by atoms with Gasteiger partial charge in [-0.1, -0.05) is 37.3 Å². The van der Waals surface area contributed by atoms with Gasteiger partial charge in [-0.15, -0.1) is 0 Å². The number of carbonyl (C=O) groups is 1. The molecule has 21 heavy (non-hydrogen) atoms. The summed E-state index contributed by atoms with van der Waals surface area (Å²) >= 11 is 0. The molecule has 1 N–H and O–H groups in total. The van der Waals surface area contributed by atoms with Crippen molar-refractivity contribution in [1.82, 2.24) is 4.90 Å². The number of likely N-dealkylation sites (N-methyl/N-ethyl adjacent to an activating group) is 1. The minimum atomic E-state index is -0.744. The first-order valence-electron chi connectivity index (χ1n) is 7.73. The van der Waals surface area contributed by atoms with Gasteiger partial charge in [0.15, 0.2) is 0 Å². The first-order valence-corrected chi connectivity index (χ1v) is 7.73. The van der Waals surface area contributed by atoms with E-state index in [0.717, 1.165) is 19.4 Å². The highest BCUT2D eigenvalue weighted by Gasteiger charge is 2.38. The Hall–Kier alpha value is -1.39. The van der Waals surface area contributed by atoms with Crippen molar-refractivity contribution in [2.24, 2.45) is 5.92 Å². The van der Waals surface area contributed by atoms with Gasteiger partial charge in [0.05, 0.1) is 19.1 Å². The molecule has 0 aliphatic carbocycles. The topological polar surface area (TPSA) is 49.8 Å². The summed E-state index contributed by atoms with van der Waals surface area (Å²) in [6, 6.07) is 10.8. The van der Waals surface area contributed by atoms with Crippen molar-refractivity contribution >= 4 is 5.97 Å².